The van der Waals surface area contributed by atoms with Crippen LogP contribution in [0.5, 0.6) is 0 Å². The molecule has 0 unspecified atom stereocenters. The van der Waals surface area contributed by atoms with Crippen molar-refractivity contribution >= 4 is 43.4 Å². The molecule has 0 radical (unpaired) electrons. The van der Waals surface area contributed by atoms with Crippen LogP contribution in [0.2, 0.25) is 0 Å². The van der Waals surface area contributed by atoms with Gasteiger partial charge in [0.15, 0.2) is 0 Å². The molecule has 3 aromatic rings. The smallest absolute Gasteiger partial charge is 0.333 e. The van der Waals surface area contributed by atoms with Crippen molar-refractivity contribution in [1.29, 1.82) is 0 Å². The fourth-order valence-corrected chi connectivity index (χ4v) is 6.07. The number of rotatable bonds is 11. The maximum absolute atomic E-state index is 13.3. The molecule has 206 valence electrons. The molecule has 0 aliphatic heterocycles. The fourth-order valence-electron chi connectivity index (χ4n) is 3.48. The van der Waals surface area contributed by atoms with Crippen molar-refractivity contribution in [2.75, 3.05) is 11.9 Å². The summed E-state index contributed by atoms with van der Waals surface area (Å²) in [7, 11) is -8.38. The van der Waals surface area contributed by atoms with Crippen LogP contribution in [0.15, 0.2) is 82.6 Å². The molecule has 3 N–H and O–H groups in total. The first-order valence-electron chi connectivity index (χ1n) is 11.2. The molecule has 0 bridgehead atoms. The molecule has 0 spiro atoms. The van der Waals surface area contributed by atoms with Crippen LogP contribution < -0.4 is 10.0 Å². The third-order valence-corrected chi connectivity index (χ3v) is 8.79. The number of carboxylic acid groups (broad SMARTS) is 1. The average molecular weight is 577 g/mol. The molecule has 0 aromatic heterocycles. The number of non-ortho nitro benzene ring substituents is 1. The Balaban J connectivity index is 1.76. The number of amides is 2. The molecule has 0 aliphatic rings. The number of nitrogens with zero attached hydrogens (tertiary/aromatic N) is 2. The second kappa shape index (κ2) is 12.0. The Hall–Kier alpha value is -4.34. The summed E-state index contributed by atoms with van der Waals surface area (Å²) in [5.74, 6) is -1.22. The highest BCUT2D eigenvalue weighted by atomic mass is 32.2. The van der Waals surface area contributed by atoms with Crippen molar-refractivity contribution in [2.24, 2.45) is 0 Å². The highest BCUT2D eigenvalue weighted by molar-refractivity contribution is 7.90. The monoisotopic (exact) mass is 576 g/mol. The molecule has 0 aliphatic carbocycles. The van der Waals surface area contributed by atoms with Crippen LogP contribution in [0.1, 0.15) is 17.5 Å². The standard InChI is InChI=1S/C24H24N4O9S2/c1-17-4-2-3-5-22(17)38(34,35)26-24(31)25-19-8-12-21(13-9-19)39(36,37)27(15-14-23(29)30)16-18-6-10-20(11-7-18)28(32)33/h2-13H,14-16H2,1H3,(H,29,30)(H2,25,26,31). The Kier molecular flexibility index (Phi) is 9.00. The maximum Gasteiger partial charge on any atom is 0.333 e. The normalized spacial score (nSPS) is 11.6. The summed E-state index contributed by atoms with van der Waals surface area (Å²) < 4.78 is 54.4. The predicted molar refractivity (Wildman–Crippen MR) is 140 cm³/mol. The molecule has 15 heteroatoms. The topological polar surface area (TPSA) is 193 Å². The van der Waals surface area contributed by atoms with Gasteiger partial charge in [-0.1, -0.05) is 30.3 Å². The van der Waals surface area contributed by atoms with E-state index in [1.54, 1.807) is 19.1 Å². The Labute approximate surface area is 224 Å². The van der Waals surface area contributed by atoms with E-state index in [0.29, 0.717) is 11.1 Å². The summed E-state index contributed by atoms with van der Waals surface area (Å²) >= 11 is 0. The highest BCUT2D eigenvalue weighted by Crippen LogP contribution is 2.22. The van der Waals surface area contributed by atoms with Gasteiger partial charge in [0.05, 0.1) is 21.1 Å². The number of sulfonamides is 2. The van der Waals surface area contributed by atoms with Gasteiger partial charge in [-0.3, -0.25) is 14.9 Å². The summed E-state index contributed by atoms with van der Waals surface area (Å²) in [6.45, 7) is 0.966. The third kappa shape index (κ3) is 7.59. The van der Waals surface area contributed by atoms with Crippen LogP contribution in [-0.4, -0.2) is 49.7 Å². The van der Waals surface area contributed by atoms with E-state index in [0.717, 1.165) is 4.31 Å². The summed E-state index contributed by atoms with van der Waals surface area (Å²) in [5.41, 5.74) is 0.754. The number of benzene rings is 3. The summed E-state index contributed by atoms with van der Waals surface area (Å²) in [4.78, 5) is 33.4. The molecular formula is C24H24N4O9S2. The van der Waals surface area contributed by atoms with Crippen LogP contribution in [0, 0.1) is 17.0 Å². The van der Waals surface area contributed by atoms with E-state index in [1.165, 1.54) is 60.7 Å². The zero-order valence-electron chi connectivity index (χ0n) is 20.5. The number of urea groups is 1. The molecule has 0 saturated heterocycles. The molecule has 0 heterocycles. The third-order valence-electron chi connectivity index (χ3n) is 5.44. The Morgan fingerprint density at radius 3 is 2.13 bits per heavy atom. The predicted octanol–water partition coefficient (Wildman–Crippen LogP) is 3.08. The number of aliphatic carboxylic acids is 1. The number of anilines is 1. The van der Waals surface area contributed by atoms with Crippen LogP contribution in [-0.2, 0) is 31.4 Å². The number of carbonyl (C=O) groups excluding carboxylic acids is 1. The molecule has 39 heavy (non-hydrogen) atoms. The van der Waals surface area contributed by atoms with Gasteiger partial charge < -0.3 is 10.4 Å². The lowest BCUT2D eigenvalue weighted by Crippen LogP contribution is -2.34. The quantitative estimate of drug-likeness (QED) is 0.227. The van der Waals surface area contributed by atoms with Gasteiger partial charge in [0.1, 0.15) is 0 Å². The van der Waals surface area contributed by atoms with E-state index >= 15 is 0 Å². The lowest BCUT2D eigenvalue weighted by atomic mass is 10.2. The van der Waals surface area contributed by atoms with Gasteiger partial charge in [0.2, 0.25) is 10.0 Å². The lowest BCUT2D eigenvalue weighted by Gasteiger charge is -2.22. The number of carbonyl (C=O) groups is 2. The van der Waals surface area contributed by atoms with E-state index in [2.05, 4.69) is 5.32 Å². The molecule has 0 atom stereocenters. The lowest BCUT2D eigenvalue weighted by molar-refractivity contribution is -0.384. The Morgan fingerprint density at radius 1 is 0.949 bits per heavy atom. The maximum atomic E-state index is 13.3. The Morgan fingerprint density at radius 2 is 1.56 bits per heavy atom. The van der Waals surface area contributed by atoms with Gasteiger partial charge >= 0.3 is 12.0 Å². The molecule has 3 rings (SSSR count). The first-order chi connectivity index (χ1) is 18.3. The molecule has 13 nitrogen and oxygen atoms in total. The number of hydrogen-bond acceptors (Lipinski definition) is 8. The molecule has 0 fully saturated rings. The van der Waals surface area contributed by atoms with Gasteiger partial charge in [-0.2, -0.15) is 4.31 Å². The van der Waals surface area contributed by atoms with Gasteiger partial charge in [-0.25, -0.2) is 26.4 Å². The largest absolute Gasteiger partial charge is 0.481 e. The fraction of sp³-hybridized carbons (Fsp3) is 0.167. The average Bonchev–Trinajstić information content (AvgIpc) is 2.86. The van der Waals surface area contributed by atoms with Gasteiger partial charge in [0, 0.05) is 30.9 Å². The van der Waals surface area contributed by atoms with Crippen LogP contribution >= 0.6 is 0 Å². The van der Waals surface area contributed by atoms with Crippen molar-refractivity contribution in [3.8, 4) is 0 Å². The van der Waals surface area contributed by atoms with Gasteiger partial charge in [0.25, 0.3) is 15.7 Å². The minimum Gasteiger partial charge on any atom is -0.481 e. The number of nitro groups is 1. The zero-order chi connectivity index (χ0) is 28.8. The second-order valence-corrected chi connectivity index (χ2v) is 11.8. The van der Waals surface area contributed by atoms with Gasteiger partial charge in [-0.15, -0.1) is 0 Å². The number of aryl methyl sites for hydroxylation is 1. The van der Waals surface area contributed by atoms with Crippen LogP contribution in [0.25, 0.3) is 0 Å². The van der Waals surface area contributed by atoms with E-state index in [9.17, 15) is 36.5 Å². The second-order valence-electron chi connectivity index (χ2n) is 8.26. The van der Waals surface area contributed by atoms with Gasteiger partial charge in [-0.05, 0) is 48.4 Å². The molecule has 3 aromatic carbocycles. The van der Waals surface area contributed by atoms with E-state index in [-0.39, 0.29) is 34.3 Å². The highest BCUT2D eigenvalue weighted by Gasteiger charge is 2.26. The summed E-state index contributed by atoms with van der Waals surface area (Å²) in [6, 6.07) is 15.0. The SMILES string of the molecule is Cc1ccccc1S(=O)(=O)NC(=O)Nc1ccc(S(=O)(=O)N(CCC(=O)O)Cc2ccc([N+](=O)[O-])cc2)cc1. The van der Waals surface area contributed by atoms with Crippen molar-refractivity contribution in [2.45, 2.75) is 29.7 Å². The zero-order valence-corrected chi connectivity index (χ0v) is 22.1. The molecular weight excluding hydrogens is 552 g/mol. The van der Waals surface area contributed by atoms with Crippen molar-refractivity contribution in [1.82, 2.24) is 9.03 Å². The number of carboxylic acids is 1. The molecule has 0 saturated carbocycles. The minimum atomic E-state index is -4.22. The summed E-state index contributed by atoms with van der Waals surface area (Å²) in [5, 5.41) is 22.3. The van der Waals surface area contributed by atoms with Crippen molar-refractivity contribution in [3.63, 3.8) is 0 Å². The van der Waals surface area contributed by atoms with Crippen molar-refractivity contribution in [3.05, 3.63) is 94.0 Å². The minimum absolute atomic E-state index is 0.0731. The van der Waals surface area contributed by atoms with E-state index < -0.39 is 43.4 Å². The van der Waals surface area contributed by atoms with E-state index in [1.807, 2.05) is 4.72 Å². The Bertz CT molecular complexity index is 1590. The number of nitrogens with one attached hydrogen (secondary N) is 2. The number of nitro benzene ring substituents is 1. The number of hydrogen-bond donors (Lipinski definition) is 3. The van der Waals surface area contributed by atoms with Crippen LogP contribution in [0.4, 0.5) is 16.2 Å². The van der Waals surface area contributed by atoms with Crippen LogP contribution in [0.3, 0.4) is 0 Å². The van der Waals surface area contributed by atoms with E-state index in [4.69, 9.17) is 5.11 Å². The van der Waals surface area contributed by atoms with Crippen molar-refractivity contribution < 1.29 is 36.5 Å². The first kappa shape index (κ1) is 29.2. The summed E-state index contributed by atoms with van der Waals surface area (Å²) in [6.07, 6.45) is -0.485. The molecule has 2 amide bonds. The first-order valence-corrected chi connectivity index (χ1v) is 14.2.